The van der Waals surface area contributed by atoms with Crippen molar-refractivity contribution >= 4 is 10.2 Å². The SMILES string of the molecule is CCCCN(C)S(=O)(=O)N[C@H](CO)Cc1ccccc1. The first kappa shape index (κ1) is 17.1. The molecule has 5 nitrogen and oxygen atoms in total. The third-order valence-electron chi connectivity index (χ3n) is 3.10. The van der Waals surface area contributed by atoms with Crippen LogP contribution in [-0.4, -0.2) is 44.1 Å². The van der Waals surface area contributed by atoms with Crippen molar-refractivity contribution in [3.8, 4) is 0 Å². The summed E-state index contributed by atoms with van der Waals surface area (Å²) in [5, 5.41) is 9.36. The second kappa shape index (κ2) is 8.36. The second-order valence-electron chi connectivity index (χ2n) is 4.87. The first-order valence-electron chi connectivity index (χ1n) is 6.88. The van der Waals surface area contributed by atoms with E-state index in [1.165, 1.54) is 4.31 Å². The van der Waals surface area contributed by atoms with Crippen LogP contribution >= 0.6 is 0 Å². The minimum Gasteiger partial charge on any atom is -0.395 e. The largest absolute Gasteiger partial charge is 0.395 e. The predicted octanol–water partition coefficient (Wildman–Crippen LogP) is 1.16. The molecule has 0 aromatic heterocycles. The average Bonchev–Trinajstić information content (AvgIpc) is 2.44. The summed E-state index contributed by atoms with van der Waals surface area (Å²) in [6, 6.07) is 9.01. The zero-order valence-electron chi connectivity index (χ0n) is 12.1. The summed E-state index contributed by atoms with van der Waals surface area (Å²) in [7, 11) is -1.99. The molecule has 1 rings (SSSR count). The molecule has 0 saturated heterocycles. The van der Waals surface area contributed by atoms with Crippen LogP contribution in [0.1, 0.15) is 25.3 Å². The molecule has 0 bridgehead atoms. The molecule has 0 unspecified atom stereocenters. The summed E-state index contributed by atoms with van der Waals surface area (Å²) in [6.45, 7) is 2.27. The van der Waals surface area contributed by atoms with Gasteiger partial charge in [0.2, 0.25) is 0 Å². The number of hydrogen-bond donors (Lipinski definition) is 2. The van der Waals surface area contributed by atoms with E-state index in [0.717, 1.165) is 18.4 Å². The van der Waals surface area contributed by atoms with Gasteiger partial charge < -0.3 is 5.11 Å². The van der Waals surface area contributed by atoms with Crippen LogP contribution in [0.2, 0.25) is 0 Å². The number of aliphatic hydroxyl groups excluding tert-OH is 1. The Balaban J connectivity index is 2.63. The average molecular weight is 300 g/mol. The first-order valence-corrected chi connectivity index (χ1v) is 8.32. The quantitative estimate of drug-likeness (QED) is 0.719. The lowest BCUT2D eigenvalue weighted by Gasteiger charge is -2.22. The van der Waals surface area contributed by atoms with Gasteiger partial charge in [-0.15, -0.1) is 0 Å². The normalized spacial score (nSPS) is 13.6. The molecule has 0 amide bonds. The van der Waals surface area contributed by atoms with Crippen molar-refractivity contribution < 1.29 is 13.5 Å². The predicted molar refractivity (Wildman–Crippen MR) is 80.6 cm³/mol. The van der Waals surface area contributed by atoms with Gasteiger partial charge in [-0.25, -0.2) is 0 Å². The van der Waals surface area contributed by atoms with Crippen LogP contribution in [0.3, 0.4) is 0 Å². The fourth-order valence-electron chi connectivity index (χ4n) is 1.84. The maximum atomic E-state index is 12.1. The van der Waals surface area contributed by atoms with E-state index in [0.29, 0.717) is 13.0 Å². The molecule has 1 aromatic rings. The molecule has 0 spiro atoms. The maximum absolute atomic E-state index is 12.1. The van der Waals surface area contributed by atoms with Crippen LogP contribution in [0.5, 0.6) is 0 Å². The lowest BCUT2D eigenvalue weighted by atomic mass is 10.1. The minimum absolute atomic E-state index is 0.226. The third-order valence-corrected chi connectivity index (χ3v) is 4.73. The first-order chi connectivity index (χ1) is 9.49. The van der Waals surface area contributed by atoms with Crippen molar-refractivity contribution in [2.24, 2.45) is 0 Å². The molecule has 2 N–H and O–H groups in total. The zero-order chi connectivity index (χ0) is 15.0. The van der Waals surface area contributed by atoms with Gasteiger partial charge in [-0.1, -0.05) is 43.7 Å². The molecule has 20 heavy (non-hydrogen) atoms. The second-order valence-corrected chi connectivity index (χ2v) is 6.68. The maximum Gasteiger partial charge on any atom is 0.279 e. The Bertz CT molecular complexity index is 476. The van der Waals surface area contributed by atoms with E-state index in [9.17, 15) is 13.5 Å². The highest BCUT2D eigenvalue weighted by Crippen LogP contribution is 2.06. The van der Waals surface area contributed by atoms with Crippen LogP contribution in [0.25, 0.3) is 0 Å². The van der Waals surface area contributed by atoms with Crippen LogP contribution in [0.4, 0.5) is 0 Å². The number of nitrogens with one attached hydrogen (secondary N) is 1. The molecule has 0 radical (unpaired) electrons. The van der Waals surface area contributed by atoms with E-state index >= 15 is 0 Å². The van der Waals surface area contributed by atoms with Crippen LogP contribution in [0.15, 0.2) is 30.3 Å². The summed E-state index contributed by atoms with van der Waals surface area (Å²) in [6.07, 6.45) is 2.23. The van der Waals surface area contributed by atoms with Crippen molar-refractivity contribution in [2.75, 3.05) is 20.2 Å². The van der Waals surface area contributed by atoms with E-state index in [2.05, 4.69) is 4.72 Å². The molecule has 0 aliphatic heterocycles. The van der Waals surface area contributed by atoms with Crippen molar-refractivity contribution in [1.29, 1.82) is 0 Å². The van der Waals surface area contributed by atoms with Crippen LogP contribution in [-0.2, 0) is 16.6 Å². The van der Waals surface area contributed by atoms with Gasteiger partial charge >= 0.3 is 0 Å². The third kappa shape index (κ3) is 5.58. The van der Waals surface area contributed by atoms with Gasteiger partial charge in [0.05, 0.1) is 12.6 Å². The Labute approximate surface area is 121 Å². The Hall–Kier alpha value is -0.950. The number of unbranched alkanes of at least 4 members (excludes halogenated alkanes) is 1. The molecule has 0 fully saturated rings. The summed E-state index contributed by atoms with van der Waals surface area (Å²) < 4.78 is 28.0. The van der Waals surface area contributed by atoms with Gasteiger partial charge in [-0.05, 0) is 18.4 Å². The highest BCUT2D eigenvalue weighted by molar-refractivity contribution is 7.87. The van der Waals surface area contributed by atoms with E-state index in [1.54, 1.807) is 7.05 Å². The molecule has 6 heteroatoms. The number of nitrogens with zero attached hydrogens (tertiary/aromatic N) is 1. The fraction of sp³-hybridized carbons (Fsp3) is 0.571. The highest BCUT2D eigenvalue weighted by Gasteiger charge is 2.21. The van der Waals surface area contributed by atoms with Gasteiger partial charge in [0, 0.05) is 13.6 Å². The number of aliphatic hydroxyl groups is 1. The fourth-order valence-corrected chi connectivity index (χ4v) is 2.97. The topological polar surface area (TPSA) is 69.6 Å². The summed E-state index contributed by atoms with van der Waals surface area (Å²) >= 11 is 0. The Morgan fingerprint density at radius 3 is 2.50 bits per heavy atom. The lowest BCUT2D eigenvalue weighted by molar-refractivity contribution is 0.254. The van der Waals surface area contributed by atoms with Gasteiger partial charge in [0.1, 0.15) is 0 Å². The monoisotopic (exact) mass is 300 g/mol. The number of benzene rings is 1. The Kier molecular flexibility index (Phi) is 7.15. The van der Waals surface area contributed by atoms with Crippen molar-refractivity contribution in [3.05, 3.63) is 35.9 Å². The molecule has 0 heterocycles. The van der Waals surface area contributed by atoms with Crippen molar-refractivity contribution in [2.45, 2.75) is 32.2 Å². The summed E-state index contributed by atoms with van der Waals surface area (Å²) in [5.41, 5.74) is 0.991. The van der Waals surface area contributed by atoms with Gasteiger partial charge in [-0.2, -0.15) is 17.4 Å². The van der Waals surface area contributed by atoms with Gasteiger partial charge in [0.15, 0.2) is 0 Å². The molecule has 1 aromatic carbocycles. The van der Waals surface area contributed by atoms with E-state index in [1.807, 2.05) is 37.3 Å². The van der Waals surface area contributed by atoms with Crippen molar-refractivity contribution in [3.63, 3.8) is 0 Å². The van der Waals surface area contributed by atoms with E-state index in [-0.39, 0.29) is 6.61 Å². The van der Waals surface area contributed by atoms with E-state index < -0.39 is 16.3 Å². The van der Waals surface area contributed by atoms with E-state index in [4.69, 9.17) is 0 Å². The molecular weight excluding hydrogens is 276 g/mol. The number of hydrogen-bond acceptors (Lipinski definition) is 3. The number of rotatable bonds is 9. The highest BCUT2D eigenvalue weighted by atomic mass is 32.2. The Morgan fingerprint density at radius 2 is 1.95 bits per heavy atom. The summed E-state index contributed by atoms with van der Waals surface area (Å²) in [4.78, 5) is 0. The molecule has 0 aliphatic carbocycles. The Morgan fingerprint density at radius 1 is 1.30 bits per heavy atom. The van der Waals surface area contributed by atoms with Crippen LogP contribution in [0, 0.1) is 0 Å². The smallest absolute Gasteiger partial charge is 0.279 e. The minimum atomic E-state index is -3.54. The molecule has 1 atom stereocenters. The van der Waals surface area contributed by atoms with Gasteiger partial charge in [0.25, 0.3) is 10.2 Å². The van der Waals surface area contributed by atoms with Crippen LogP contribution < -0.4 is 4.72 Å². The van der Waals surface area contributed by atoms with Crippen molar-refractivity contribution in [1.82, 2.24) is 9.03 Å². The standard InChI is InChI=1S/C14H24N2O3S/c1-3-4-10-16(2)20(18,19)15-14(12-17)11-13-8-6-5-7-9-13/h5-9,14-15,17H,3-4,10-12H2,1-2H3/t14-/m0/s1. The summed E-state index contributed by atoms with van der Waals surface area (Å²) in [5.74, 6) is 0. The van der Waals surface area contributed by atoms with Gasteiger partial charge in [-0.3, -0.25) is 0 Å². The molecule has 114 valence electrons. The molecule has 0 saturated carbocycles. The molecule has 0 aliphatic rings. The molecular formula is C14H24N2O3S. The lowest BCUT2D eigenvalue weighted by Crippen LogP contribution is -2.46. The zero-order valence-corrected chi connectivity index (χ0v) is 12.9.